The molecule has 0 atom stereocenters. The molecule has 2 heterocycles. The fourth-order valence-electron chi connectivity index (χ4n) is 2.45. The summed E-state index contributed by atoms with van der Waals surface area (Å²) in [5.74, 6) is 0. The van der Waals surface area contributed by atoms with Gasteiger partial charge in [0, 0.05) is 20.8 Å². The Bertz CT molecular complexity index is 789. The Morgan fingerprint density at radius 2 is 2.05 bits per heavy atom. The molecule has 0 N–H and O–H groups in total. The van der Waals surface area contributed by atoms with Gasteiger partial charge in [-0.25, -0.2) is 0 Å². The summed E-state index contributed by atoms with van der Waals surface area (Å²) in [7, 11) is 0. The van der Waals surface area contributed by atoms with Crippen LogP contribution in [0.2, 0.25) is 0 Å². The van der Waals surface area contributed by atoms with Crippen LogP contribution in [0.4, 0.5) is 0 Å². The van der Waals surface area contributed by atoms with Gasteiger partial charge in [-0.1, -0.05) is 25.1 Å². The molecule has 3 rings (SSSR count). The van der Waals surface area contributed by atoms with Gasteiger partial charge in [0.25, 0.3) is 0 Å². The second-order valence-electron chi connectivity index (χ2n) is 4.76. The number of aldehydes is 1. The summed E-state index contributed by atoms with van der Waals surface area (Å²) in [4.78, 5) is 11.5. The van der Waals surface area contributed by atoms with Crippen molar-refractivity contribution in [3.8, 4) is 11.1 Å². The van der Waals surface area contributed by atoms with E-state index in [0.717, 1.165) is 35.0 Å². The summed E-state index contributed by atoms with van der Waals surface area (Å²) < 4.78 is 3.16. The molecule has 0 saturated carbocycles. The highest BCUT2D eigenvalue weighted by atomic mass is 127. The second-order valence-corrected chi connectivity index (χ2v) is 6.00. The van der Waals surface area contributed by atoms with Gasteiger partial charge in [-0.15, -0.1) is 0 Å². The van der Waals surface area contributed by atoms with E-state index < -0.39 is 0 Å². The van der Waals surface area contributed by atoms with E-state index in [2.05, 4.69) is 66.0 Å². The Labute approximate surface area is 131 Å². The van der Waals surface area contributed by atoms with Crippen molar-refractivity contribution < 1.29 is 4.79 Å². The largest absolute Gasteiger partial charge is 0.313 e. The van der Waals surface area contributed by atoms with E-state index in [4.69, 9.17) is 0 Å². The van der Waals surface area contributed by atoms with E-state index in [0.29, 0.717) is 0 Å². The first-order valence-electron chi connectivity index (χ1n) is 6.58. The van der Waals surface area contributed by atoms with Crippen LogP contribution in [0.5, 0.6) is 0 Å². The predicted octanol–water partition coefficient (Wildman–Crippen LogP) is 4.59. The molecule has 3 heteroatoms. The molecule has 2 nitrogen and oxygen atoms in total. The number of benzene rings is 1. The maximum Gasteiger partial charge on any atom is 0.167 e. The molecule has 0 saturated heterocycles. The molecule has 1 aromatic carbocycles. The maximum absolute atomic E-state index is 11.5. The quantitative estimate of drug-likeness (QED) is 0.485. The predicted molar refractivity (Wildman–Crippen MR) is 90.3 cm³/mol. The summed E-state index contributed by atoms with van der Waals surface area (Å²) in [6.45, 7) is 2.12. The van der Waals surface area contributed by atoms with E-state index >= 15 is 0 Å². The minimum Gasteiger partial charge on any atom is -0.313 e. The van der Waals surface area contributed by atoms with Crippen molar-refractivity contribution in [2.75, 3.05) is 0 Å². The van der Waals surface area contributed by atoms with Crippen LogP contribution < -0.4 is 0 Å². The lowest BCUT2D eigenvalue weighted by Crippen LogP contribution is -1.94. The Balaban J connectivity index is 2.28. The topological polar surface area (TPSA) is 21.5 Å². The standard InChI is InChI=1S/C17H14INO/c1-2-12-6-7-15-9-16(17(11-20)19(15)10-12)13-4-3-5-14(18)8-13/h3-11H,2H2,1H3. The fourth-order valence-corrected chi connectivity index (χ4v) is 2.99. The molecular weight excluding hydrogens is 361 g/mol. The lowest BCUT2D eigenvalue weighted by molar-refractivity contribution is 0.111. The minimum atomic E-state index is 0.720. The van der Waals surface area contributed by atoms with E-state index in [9.17, 15) is 4.79 Å². The van der Waals surface area contributed by atoms with Crippen molar-refractivity contribution in [2.24, 2.45) is 0 Å². The van der Waals surface area contributed by atoms with Gasteiger partial charge in [0.1, 0.15) is 0 Å². The lowest BCUT2D eigenvalue weighted by atomic mass is 10.1. The smallest absolute Gasteiger partial charge is 0.167 e. The van der Waals surface area contributed by atoms with Crippen molar-refractivity contribution >= 4 is 34.4 Å². The van der Waals surface area contributed by atoms with Gasteiger partial charge >= 0.3 is 0 Å². The third-order valence-electron chi connectivity index (χ3n) is 3.52. The van der Waals surface area contributed by atoms with E-state index in [1.807, 2.05) is 16.5 Å². The summed E-state index contributed by atoms with van der Waals surface area (Å²) >= 11 is 2.29. The van der Waals surface area contributed by atoms with Crippen molar-refractivity contribution in [1.29, 1.82) is 0 Å². The Kier molecular flexibility index (Phi) is 3.61. The van der Waals surface area contributed by atoms with Gasteiger partial charge in [0.2, 0.25) is 0 Å². The van der Waals surface area contributed by atoms with Crippen LogP contribution in [0.25, 0.3) is 16.6 Å². The van der Waals surface area contributed by atoms with Crippen molar-refractivity contribution in [3.63, 3.8) is 0 Å². The van der Waals surface area contributed by atoms with Crippen LogP contribution in [0.15, 0.2) is 48.7 Å². The van der Waals surface area contributed by atoms with E-state index in [1.165, 1.54) is 9.13 Å². The fraction of sp³-hybridized carbons (Fsp3) is 0.118. The first-order chi connectivity index (χ1) is 9.72. The van der Waals surface area contributed by atoms with Gasteiger partial charge in [-0.05, 0) is 64.4 Å². The zero-order chi connectivity index (χ0) is 14.1. The average molecular weight is 375 g/mol. The first kappa shape index (κ1) is 13.4. The number of nitrogens with zero attached hydrogens (tertiary/aromatic N) is 1. The van der Waals surface area contributed by atoms with Gasteiger partial charge in [0.15, 0.2) is 6.29 Å². The average Bonchev–Trinajstić information content (AvgIpc) is 2.84. The monoisotopic (exact) mass is 375 g/mol. The minimum absolute atomic E-state index is 0.720. The molecule has 0 aliphatic carbocycles. The number of aryl methyl sites for hydroxylation is 1. The zero-order valence-corrected chi connectivity index (χ0v) is 13.3. The highest BCUT2D eigenvalue weighted by Gasteiger charge is 2.11. The molecule has 0 unspecified atom stereocenters. The maximum atomic E-state index is 11.5. The number of rotatable bonds is 3. The molecule has 0 aliphatic rings. The van der Waals surface area contributed by atoms with Gasteiger partial charge in [-0.3, -0.25) is 4.79 Å². The molecule has 0 aliphatic heterocycles. The molecule has 3 aromatic rings. The number of hydrogen-bond acceptors (Lipinski definition) is 1. The first-order valence-corrected chi connectivity index (χ1v) is 7.66. The Morgan fingerprint density at radius 1 is 1.20 bits per heavy atom. The SMILES string of the molecule is CCc1ccc2cc(-c3cccc(I)c3)c(C=O)n2c1. The van der Waals surface area contributed by atoms with Crippen LogP contribution in [-0.4, -0.2) is 10.7 Å². The number of pyridine rings is 1. The van der Waals surface area contributed by atoms with E-state index in [-0.39, 0.29) is 0 Å². The van der Waals surface area contributed by atoms with Gasteiger partial charge in [0.05, 0.1) is 5.69 Å². The number of aromatic nitrogens is 1. The number of fused-ring (bicyclic) bond motifs is 1. The van der Waals surface area contributed by atoms with Crippen LogP contribution >= 0.6 is 22.6 Å². The molecule has 0 amide bonds. The lowest BCUT2D eigenvalue weighted by Gasteiger charge is -2.03. The number of hydrogen-bond donors (Lipinski definition) is 0. The molecule has 2 aromatic heterocycles. The zero-order valence-electron chi connectivity index (χ0n) is 11.1. The normalized spacial score (nSPS) is 10.9. The number of carbonyl (C=O) groups is 1. The highest BCUT2D eigenvalue weighted by molar-refractivity contribution is 14.1. The molecule has 0 bridgehead atoms. The molecule has 0 fully saturated rings. The van der Waals surface area contributed by atoms with Gasteiger partial charge < -0.3 is 4.40 Å². The van der Waals surface area contributed by atoms with Crippen molar-refractivity contribution in [1.82, 2.24) is 4.40 Å². The molecule has 20 heavy (non-hydrogen) atoms. The second kappa shape index (κ2) is 5.40. The number of carbonyl (C=O) groups excluding carboxylic acids is 1. The Morgan fingerprint density at radius 3 is 2.75 bits per heavy atom. The highest BCUT2D eigenvalue weighted by Crippen LogP contribution is 2.28. The Hall–Kier alpha value is -1.62. The molecule has 100 valence electrons. The summed E-state index contributed by atoms with van der Waals surface area (Å²) in [6, 6.07) is 14.5. The molecular formula is C17H14INO. The van der Waals surface area contributed by atoms with Crippen LogP contribution in [-0.2, 0) is 6.42 Å². The molecule has 0 spiro atoms. The number of halogens is 1. The summed E-state index contributed by atoms with van der Waals surface area (Å²) in [5, 5.41) is 0. The van der Waals surface area contributed by atoms with Crippen LogP contribution in [0, 0.1) is 3.57 Å². The van der Waals surface area contributed by atoms with E-state index in [1.54, 1.807) is 0 Å². The van der Waals surface area contributed by atoms with Gasteiger partial charge in [-0.2, -0.15) is 0 Å². The summed E-state index contributed by atoms with van der Waals surface area (Å²) in [6.07, 6.45) is 3.96. The molecule has 0 radical (unpaired) electrons. The third kappa shape index (κ3) is 2.26. The third-order valence-corrected chi connectivity index (χ3v) is 4.20. The van der Waals surface area contributed by atoms with Crippen LogP contribution in [0.1, 0.15) is 23.0 Å². The van der Waals surface area contributed by atoms with Crippen molar-refractivity contribution in [3.05, 3.63) is 63.5 Å². The van der Waals surface area contributed by atoms with Crippen molar-refractivity contribution in [2.45, 2.75) is 13.3 Å². The summed E-state index contributed by atoms with van der Waals surface area (Å²) in [5.41, 5.74) is 5.08. The van der Waals surface area contributed by atoms with Crippen LogP contribution in [0.3, 0.4) is 0 Å².